The van der Waals surface area contributed by atoms with E-state index in [4.69, 9.17) is 11.6 Å². The Kier molecular flexibility index (Phi) is 4.48. The van der Waals surface area contributed by atoms with Gasteiger partial charge in [-0.2, -0.15) is 5.10 Å². The lowest BCUT2D eigenvalue weighted by atomic mass is 10.1. The average Bonchev–Trinajstić information content (AvgIpc) is 3.36. The van der Waals surface area contributed by atoms with Crippen LogP contribution in [0.1, 0.15) is 12.8 Å². The molecule has 0 spiro atoms. The second kappa shape index (κ2) is 7.28. The van der Waals surface area contributed by atoms with Crippen LogP contribution in [0.25, 0.3) is 33.2 Å². The minimum Gasteiger partial charge on any atom is -0.504 e. The van der Waals surface area contributed by atoms with E-state index in [1.54, 1.807) is 25.4 Å². The van der Waals surface area contributed by atoms with Crippen LogP contribution in [0.5, 0.6) is 5.75 Å². The summed E-state index contributed by atoms with van der Waals surface area (Å²) in [5, 5.41) is 16.3. The maximum absolute atomic E-state index is 14.7. The standard InChI is InChI=1S/C23H22ClFN6O/c1-29-11-13-7-17(22(32)20(25)21(13)28-29)19-9-18(24)16-8-15(10-26-23(16)27-19)31-6-3-14(12-31)30-4-2-5-30/h7-11,14,32H,2-6,12H2,1H3/t14-/m0/s1. The molecule has 164 valence electrons. The fraction of sp³-hybridized carbons (Fsp3) is 0.348. The summed E-state index contributed by atoms with van der Waals surface area (Å²) >= 11 is 6.62. The molecule has 5 heterocycles. The topological polar surface area (TPSA) is 70.3 Å². The van der Waals surface area contributed by atoms with Crippen LogP contribution >= 0.6 is 11.6 Å². The summed E-state index contributed by atoms with van der Waals surface area (Å²) < 4.78 is 16.2. The van der Waals surface area contributed by atoms with Crippen molar-refractivity contribution >= 4 is 39.2 Å². The fourth-order valence-corrected chi connectivity index (χ4v) is 5.02. The zero-order valence-electron chi connectivity index (χ0n) is 17.6. The number of aromatic nitrogens is 4. The third-order valence-electron chi connectivity index (χ3n) is 6.64. The van der Waals surface area contributed by atoms with E-state index in [1.165, 1.54) is 24.2 Å². The zero-order chi connectivity index (χ0) is 22.0. The van der Waals surface area contributed by atoms with Gasteiger partial charge < -0.3 is 10.0 Å². The number of aryl methyl sites for hydroxylation is 1. The number of hydrogen-bond donors (Lipinski definition) is 1. The van der Waals surface area contributed by atoms with Gasteiger partial charge in [-0.15, -0.1) is 0 Å². The van der Waals surface area contributed by atoms with E-state index in [1.807, 2.05) is 12.3 Å². The smallest absolute Gasteiger partial charge is 0.193 e. The number of halogens is 2. The van der Waals surface area contributed by atoms with Crippen molar-refractivity contribution < 1.29 is 9.50 Å². The predicted octanol–water partition coefficient (Wildman–Crippen LogP) is 3.97. The molecule has 2 aliphatic heterocycles. The summed E-state index contributed by atoms with van der Waals surface area (Å²) in [7, 11) is 1.70. The van der Waals surface area contributed by atoms with E-state index in [2.05, 4.69) is 24.9 Å². The van der Waals surface area contributed by atoms with Crippen molar-refractivity contribution in [1.82, 2.24) is 24.6 Å². The summed E-state index contributed by atoms with van der Waals surface area (Å²) in [5.74, 6) is -1.27. The molecule has 0 unspecified atom stereocenters. The summed E-state index contributed by atoms with van der Waals surface area (Å²) in [4.78, 5) is 14.0. The van der Waals surface area contributed by atoms with Gasteiger partial charge in [-0.05, 0) is 44.1 Å². The Balaban J connectivity index is 1.37. The number of fused-ring (bicyclic) bond motifs is 2. The lowest BCUT2D eigenvalue weighted by Gasteiger charge is -2.36. The molecular weight excluding hydrogens is 431 g/mol. The monoisotopic (exact) mass is 452 g/mol. The first-order chi connectivity index (χ1) is 15.5. The molecule has 2 aliphatic rings. The van der Waals surface area contributed by atoms with Crippen molar-refractivity contribution in [3.8, 4) is 17.0 Å². The van der Waals surface area contributed by atoms with Gasteiger partial charge in [-0.1, -0.05) is 11.6 Å². The number of phenols is 1. The number of nitrogens with zero attached hydrogens (tertiary/aromatic N) is 6. The van der Waals surface area contributed by atoms with Gasteiger partial charge in [-0.25, -0.2) is 14.4 Å². The first kappa shape index (κ1) is 19.7. The van der Waals surface area contributed by atoms with E-state index in [0.717, 1.165) is 30.6 Å². The Morgan fingerprint density at radius 3 is 2.81 bits per heavy atom. The molecule has 4 aromatic rings. The normalized spacial score (nSPS) is 19.2. The van der Waals surface area contributed by atoms with Crippen molar-refractivity contribution in [2.24, 2.45) is 7.05 Å². The van der Waals surface area contributed by atoms with Crippen LogP contribution in [0.15, 0.2) is 30.6 Å². The Morgan fingerprint density at radius 2 is 2.03 bits per heavy atom. The van der Waals surface area contributed by atoms with Crippen molar-refractivity contribution in [2.75, 3.05) is 31.1 Å². The average molecular weight is 453 g/mol. The van der Waals surface area contributed by atoms with Gasteiger partial charge in [0.25, 0.3) is 0 Å². The third kappa shape index (κ3) is 3.09. The minimum absolute atomic E-state index is 0.116. The lowest BCUT2D eigenvalue weighted by Crippen LogP contribution is -2.46. The molecule has 9 heteroatoms. The van der Waals surface area contributed by atoms with E-state index >= 15 is 0 Å². The Bertz CT molecular complexity index is 1370. The van der Waals surface area contributed by atoms with Crippen LogP contribution in [0.3, 0.4) is 0 Å². The quantitative estimate of drug-likeness (QED) is 0.507. The highest BCUT2D eigenvalue weighted by Gasteiger charge is 2.31. The largest absolute Gasteiger partial charge is 0.504 e. The zero-order valence-corrected chi connectivity index (χ0v) is 18.3. The van der Waals surface area contributed by atoms with E-state index in [0.29, 0.717) is 27.8 Å². The van der Waals surface area contributed by atoms with E-state index in [9.17, 15) is 9.50 Å². The number of likely N-dealkylation sites (tertiary alicyclic amines) is 1. The number of hydrogen-bond acceptors (Lipinski definition) is 6. The number of pyridine rings is 2. The van der Waals surface area contributed by atoms with Crippen LogP contribution in [-0.2, 0) is 7.05 Å². The van der Waals surface area contributed by atoms with Crippen molar-refractivity contribution in [3.63, 3.8) is 0 Å². The second-order valence-corrected chi connectivity index (χ2v) is 9.07. The van der Waals surface area contributed by atoms with Crippen LogP contribution in [-0.4, -0.2) is 62.0 Å². The van der Waals surface area contributed by atoms with Crippen LogP contribution in [0.2, 0.25) is 5.02 Å². The number of phenolic OH excluding ortho intramolecular Hbond substituents is 1. The summed E-state index contributed by atoms with van der Waals surface area (Å²) in [6.45, 7) is 4.39. The molecule has 0 saturated carbocycles. The second-order valence-electron chi connectivity index (χ2n) is 8.66. The maximum atomic E-state index is 14.7. The molecule has 7 nitrogen and oxygen atoms in total. The number of anilines is 1. The first-order valence-corrected chi connectivity index (χ1v) is 11.2. The molecule has 0 amide bonds. The molecule has 2 saturated heterocycles. The minimum atomic E-state index is -0.773. The molecule has 32 heavy (non-hydrogen) atoms. The molecular formula is C23H22ClFN6O. The molecule has 1 N–H and O–H groups in total. The van der Waals surface area contributed by atoms with Crippen LogP contribution < -0.4 is 4.90 Å². The summed E-state index contributed by atoms with van der Waals surface area (Å²) in [5.41, 5.74) is 2.23. The van der Waals surface area contributed by atoms with Crippen molar-refractivity contribution in [3.05, 3.63) is 41.4 Å². The summed E-state index contributed by atoms with van der Waals surface area (Å²) in [6, 6.07) is 5.94. The SMILES string of the molecule is Cn1cc2cc(-c3cc(Cl)c4cc(N5CC[C@H](N6CCC6)C5)cnc4n3)c(O)c(F)c2n1. The van der Waals surface area contributed by atoms with Gasteiger partial charge in [0.1, 0.15) is 5.52 Å². The molecule has 2 fully saturated rings. The molecule has 0 bridgehead atoms. The summed E-state index contributed by atoms with van der Waals surface area (Å²) in [6.07, 6.45) is 5.96. The lowest BCUT2D eigenvalue weighted by molar-refractivity contribution is 0.129. The first-order valence-electron chi connectivity index (χ1n) is 10.8. The number of benzene rings is 1. The van der Waals surface area contributed by atoms with Crippen molar-refractivity contribution in [1.29, 1.82) is 0 Å². The maximum Gasteiger partial charge on any atom is 0.193 e. The molecule has 1 aromatic carbocycles. The predicted molar refractivity (Wildman–Crippen MR) is 123 cm³/mol. The van der Waals surface area contributed by atoms with E-state index < -0.39 is 11.6 Å². The number of rotatable bonds is 3. The molecule has 6 rings (SSSR count). The van der Waals surface area contributed by atoms with Crippen LogP contribution in [0.4, 0.5) is 10.1 Å². The van der Waals surface area contributed by atoms with Crippen molar-refractivity contribution in [2.45, 2.75) is 18.9 Å². The van der Waals surface area contributed by atoms with Gasteiger partial charge in [0.2, 0.25) is 0 Å². The highest BCUT2D eigenvalue weighted by molar-refractivity contribution is 6.35. The molecule has 1 atom stereocenters. The fourth-order valence-electron chi connectivity index (χ4n) is 4.78. The Hall–Kier alpha value is -2.97. The van der Waals surface area contributed by atoms with Gasteiger partial charge in [0.15, 0.2) is 17.2 Å². The van der Waals surface area contributed by atoms with Gasteiger partial charge in [0.05, 0.1) is 22.6 Å². The third-order valence-corrected chi connectivity index (χ3v) is 6.95. The molecule has 0 radical (unpaired) electrons. The Labute approximate surface area is 189 Å². The molecule has 0 aliphatic carbocycles. The highest BCUT2D eigenvalue weighted by atomic mass is 35.5. The van der Waals surface area contributed by atoms with Gasteiger partial charge >= 0.3 is 0 Å². The van der Waals surface area contributed by atoms with Crippen LogP contribution in [0, 0.1) is 5.82 Å². The number of aromatic hydroxyl groups is 1. The van der Waals surface area contributed by atoms with Gasteiger partial charge in [-0.3, -0.25) is 9.58 Å². The van der Waals surface area contributed by atoms with E-state index in [-0.39, 0.29) is 11.1 Å². The van der Waals surface area contributed by atoms with Gasteiger partial charge in [0, 0.05) is 48.7 Å². The highest BCUT2D eigenvalue weighted by Crippen LogP contribution is 2.38. The molecule has 3 aromatic heterocycles. The Morgan fingerprint density at radius 1 is 1.19 bits per heavy atom.